The third-order valence-corrected chi connectivity index (χ3v) is 9.21. The zero-order valence-electron chi connectivity index (χ0n) is 33.1. The molecule has 2 heterocycles. The summed E-state index contributed by atoms with van der Waals surface area (Å²) in [4.78, 5) is 19.5. The van der Waals surface area contributed by atoms with Crippen LogP contribution in [0, 0.1) is 6.92 Å². The van der Waals surface area contributed by atoms with Gasteiger partial charge in [-0.3, -0.25) is 4.98 Å². The first-order valence-corrected chi connectivity index (χ1v) is 19.4. The monoisotopic (exact) mass is 708 g/mol. The highest BCUT2D eigenvalue weighted by Gasteiger charge is 2.17. The summed E-state index contributed by atoms with van der Waals surface area (Å²) in [6, 6.07) is 37.8. The van der Waals surface area contributed by atoms with E-state index in [0.29, 0.717) is 17.5 Å². The van der Waals surface area contributed by atoms with Crippen LogP contribution in [-0.2, 0) is 6.42 Å². The first-order chi connectivity index (χ1) is 26.6. The Morgan fingerprint density at radius 1 is 0.519 bits per heavy atom. The molecule has 0 unspecified atom stereocenters. The van der Waals surface area contributed by atoms with Crippen molar-refractivity contribution in [2.75, 3.05) is 0 Å². The van der Waals surface area contributed by atoms with Crippen molar-refractivity contribution in [1.29, 1.82) is 0 Å². The van der Waals surface area contributed by atoms with Gasteiger partial charge in [-0.25, -0.2) is 15.0 Å². The van der Waals surface area contributed by atoms with Gasteiger partial charge in [0.1, 0.15) is 0 Å². The van der Waals surface area contributed by atoms with E-state index in [9.17, 15) is 0 Å². The molecule has 272 valence electrons. The van der Waals surface area contributed by atoms with Gasteiger partial charge in [0.25, 0.3) is 0 Å². The van der Waals surface area contributed by atoms with Crippen LogP contribution in [0.4, 0.5) is 0 Å². The maximum absolute atomic E-state index is 5.08. The fourth-order valence-electron chi connectivity index (χ4n) is 6.74. The van der Waals surface area contributed by atoms with E-state index in [2.05, 4.69) is 99.4 Å². The molecule has 0 N–H and O–H groups in total. The summed E-state index contributed by atoms with van der Waals surface area (Å²) in [5.41, 5.74) is 12.4. The van der Waals surface area contributed by atoms with Gasteiger partial charge in [0, 0.05) is 34.6 Å². The molecule has 0 atom stereocenters. The Morgan fingerprint density at radius 3 is 1.61 bits per heavy atom. The van der Waals surface area contributed by atoms with Crippen LogP contribution in [0.1, 0.15) is 77.1 Å². The zero-order valence-corrected chi connectivity index (χ0v) is 33.1. The molecule has 0 radical (unpaired) electrons. The van der Waals surface area contributed by atoms with Crippen LogP contribution in [0.25, 0.3) is 79.3 Å². The maximum Gasteiger partial charge on any atom is 0.164 e. The molecule has 0 aliphatic heterocycles. The molecule has 0 bridgehead atoms. The van der Waals surface area contributed by atoms with E-state index in [-0.39, 0.29) is 0 Å². The van der Waals surface area contributed by atoms with Gasteiger partial charge in [0.2, 0.25) is 0 Å². The maximum atomic E-state index is 5.08. The normalized spacial score (nSPS) is 11.0. The molecule has 0 aliphatic rings. The molecule has 5 aromatic carbocycles. The average Bonchev–Trinajstić information content (AvgIpc) is 3.25. The topological polar surface area (TPSA) is 51.6 Å². The Bertz CT molecular complexity index is 2280. The lowest BCUT2D eigenvalue weighted by atomic mass is 9.86. The summed E-state index contributed by atoms with van der Waals surface area (Å²) in [5.74, 6) is 1.90. The standard InChI is InChI=1S/C46H40N4.2C2H6/c1-5-8-22-40-31(4)39(7-3)41(16-6-2)43-29-34(23-24-42(40)43)36-26-37(35-21-15-25-47-30-35)28-38(27-36)46-49-44(32-17-11-9-12-18-32)48-45(50-46)33-19-13-10-14-20-33;2*1-2/h6,8-30H,5,7H2,1-4H3;2*1-2H3/b16-6-,22-8-;;. The summed E-state index contributed by atoms with van der Waals surface area (Å²) in [5, 5.41) is 2.52. The van der Waals surface area contributed by atoms with Crippen molar-refractivity contribution in [2.24, 2.45) is 0 Å². The summed E-state index contributed by atoms with van der Waals surface area (Å²) < 4.78 is 0. The fourth-order valence-corrected chi connectivity index (χ4v) is 6.74. The minimum atomic E-state index is 0.621. The average molecular weight is 709 g/mol. The third-order valence-electron chi connectivity index (χ3n) is 9.21. The number of nitrogens with zero attached hydrogens (tertiary/aromatic N) is 4. The number of allylic oxidation sites excluding steroid dienone is 2. The first kappa shape index (κ1) is 39.2. The molecule has 4 nitrogen and oxygen atoms in total. The number of rotatable bonds is 9. The predicted molar refractivity (Wildman–Crippen MR) is 233 cm³/mol. The second-order valence-electron chi connectivity index (χ2n) is 12.4. The third kappa shape index (κ3) is 8.61. The van der Waals surface area contributed by atoms with E-state index in [0.717, 1.165) is 51.8 Å². The minimum absolute atomic E-state index is 0.621. The smallest absolute Gasteiger partial charge is 0.164 e. The Labute approximate surface area is 322 Å². The van der Waals surface area contributed by atoms with E-state index in [1.807, 2.05) is 107 Å². The minimum Gasteiger partial charge on any atom is -0.264 e. The number of fused-ring (bicyclic) bond motifs is 1. The van der Waals surface area contributed by atoms with E-state index >= 15 is 0 Å². The van der Waals surface area contributed by atoms with Gasteiger partial charge in [0.05, 0.1) is 0 Å². The molecule has 7 rings (SSSR count). The number of aromatic nitrogens is 4. The van der Waals surface area contributed by atoms with Gasteiger partial charge >= 0.3 is 0 Å². The molecular weight excluding hydrogens is 657 g/mol. The van der Waals surface area contributed by atoms with Crippen LogP contribution in [-0.4, -0.2) is 19.9 Å². The fraction of sp³-hybridized carbons (Fsp3) is 0.200. The number of hydrogen-bond acceptors (Lipinski definition) is 4. The van der Waals surface area contributed by atoms with Crippen LogP contribution in [0.5, 0.6) is 0 Å². The summed E-state index contributed by atoms with van der Waals surface area (Å²) in [7, 11) is 0. The molecule has 7 aromatic rings. The lowest BCUT2D eigenvalue weighted by molar-refractivity contribution is 1.07. The molecule has 54 heavy (non-hydrogen) atoms. The highest BCUT2D eigenvalue weighted by Crippen LogP contribution is 2.38. The Balaban J connectivity index is 0.00000136. The van der Waals surface area contributed by atoms with Gasteiger partial charge in [-0.2, -0.15) is 0 Å². The van der Waals surface area contributed by atoms with Gasteiger partial charge in [-0.05, 0) is 107 Å². The van der Waals surface area contributed by atoms with E-state index in [1.54, 1.807) is 0 Å². The highest BCUT2D eigenvalue weighted by molar-refractivity contribution is 6.01. The summed E-state index contributed by atoms with van der Waals surface area (Å²) in [6.07, 6.45) is 14.7. The number of pyridine rings is 1. The largest absolute Gasteiger partial charge is 0.264 e. The van der Waals surface area contributed by atoms with Gasteiger partial charge in [-0.15, -0.1) is 0 Å². The zero-order chi connectivity index (χ0) is 38.5. The van der Waals surface area contributed by atoms with Crippen LogP contribution in [0.3, 0.4) is 0 Å². The molecule has 2 aromatic heterocycles. The second kappa shape index (κ2) is 19.2. The lowest BCUT2D eigenvalue weighted by Crippen LogP contribution is -2.00. The SMILES string of the molecule is C/C=C\c1c(CC)c(C)c(/C=C\CC)c2ccc(-c3cc(-c4cccnc4)cc(-c4nc(-c5ccccc5)nc(-c5ccccc5)n4)c3)cc12.CC.CC. The first-order valence-electron chi connectivity index (χ1n) is 19.4. The van der Waals surface area contributed by atoms with Crippen molar-refractivity contribution in [2.45, 2.75) is 68.2 Å². The molecule has 0 saturated carbocycles. The van der Waals surface area contributed by atoms with E-state index < -0.39 is 0 Å². The second-order valence-corrected chi connectivity index (χ2v) is 12.4. The summed E-state index contributed by atoms with van der Waals surface area (Å²) >= 11 is 0. The van der Waals surface area contributed by atoms with Gasteiger partial charge in [-0.1, -0.05) is 145 Å². The molecular formula is C50H52N4. The number of benzene rings is 5. The number of hydrogen-bond donors (Lipinski definition) is 0. The highest BCUT2D eigenvalue weighted by atomic mass is 15.0. The van der Waals surface area contributed by atoms with Crippen LogP contribution < -0.4 is 0 Å². The molecule has 0 fully saturated rings. The van der Waals surface area contributed by atoms with Crippen molar-refractivity contribution in [3.05, 3.63) is 156 Å². The Kier molecular flexibility index (Phi) is 13.9. The molecule has 0 aliphatic carbocycles. The van der Waals surface area contributed by atoms with Gasteiger partial charge < -0.3 is 0 Å². The van der Waals surface area contributed by atoms with Crippen molar-refractivity contribution in [3.63, 3.8) is 0 Å². The molecule has 4 heteroatoms. The molecule has 0 spiro atoms. The predicted octanol–water partition coefficient (Wildman–Crippen LogP) is 14.1. The Hall–Kier alpha value is -6.00. The van der Waals surface area contributed by atoms with Crippen LogP contribution in [0.2, 0.25) is 0 Å². The van der Waals surface area contributed by atoms with Crippen LogP contribution in [0.15, 0.2) is 134 Å². The van der Waals surface area contributed by atoms with Crippen LogP contribution >= 0.6 is 0 Å². The lowest BCUT2D eigenvalue weighted by Gasteiger charge is -2.18. The van der Waals surface area contributed by atoms with Crippen molar-refractivity contribution >= 4 is 22.9 Å². The summed E-state index contributed by atoms with van der Waals surface area (Å²) in [6.45, 7) is 16.8. The molecule has 0 saturated heterocycles. The van der Waals surface area contributed by atoms with Crippen molar-refractivity contribution in [1.82, 2.24) is 19.9 Å². The van der Waals surface area contributed by atoms with E-state index in [1.165, 1.54) is 33.0 Å². The van der Waals surface area contributed by atoms with E-state index in [4.69, 9.17) is 15.0 Å². The van der Waals surface area contributed by atoms with Crippen molar-refractivity contribution in [3.8, 4) is 56.4 Å². The quantitative estimate of drug-likeness (QED) is 0.150. The molecule has 0 amide bonds. The van der Waals surface area contributed by atoms with Crippen molar-refractivity contribution < 1.29 is 0 Å². The van der Waals surface area contributed by atoms with Gasteiger partial charge in [0.15, 0.2) is 17.5 Å². The Morgan fingerprint density at radius 2 is 1.07 bits per heavy atom.